The minimum atomic E-state index is -0.831. The first-order valence-corrected chi connectivity index (χ1v) is 16.0. The maximum atomic E-state index is 14.0. The molecule has 1 aliphatic carbocycles. The van der Waals surface area contributed by atoms with Crippen molar-refractivity contribution in [1.82, 2.24) is 20.5 Å². The zero-order chi connectivity index (χ0) is 30.5. The first-order chi connectivity index (χ1) is 20.7. The number of cyclic esters (lactones) is 1. The smallest absolute Gasteiger partial charge is 0.306 e. The normalized spacial score (nSPS) is 22.1. The third kappa shape index (κ3) is 7.13. The number of hydrogen-bond acceptors (Lipinski definition) is 9. The standard InChI is InChI=1S/C31H39N5O6S/c1-18(32-2)28(39)35-26(19-8-4-3-5-9-19)31(41)36-15-7-12-23(36)30-34-22(17-43-30)27(38)20-10-6-11-21(16-20)33-29(40)24-13-14-25(37)42-24/h6,10-11,16-19,23-24,26,32H,3-5,7-9,12-15H2,1-2H3,(H,33,40)(H,35,39)/t18-,23-,24?,26-/m0/s1. The van der Waals surface area contributed by atoms with Crippen LogP contribution in [0.3, 0.4) is 0 Å². The van der Waals surface area contributed by atoms with Crippen LogP contribution in [0.4, 0.5) is 5.69 Å². The Bertz CT molecular complexity index is 1370. The summed E-state index contributed by atoms with van der Waals surface area (Å²) in [6, 6.07) is 5.31. The summed E-state index contributed by atoms with van der Waals surface area (Å²) in [6.45, 7) is 2.35. The fraction of sp³-hybridized carbons (Fsp3) is 0.548. The number of benzene rings is 1. The number of likely N-dealkylation sites (tertiary alicyclic amines) is 1. The van der Waals surface area contributed by atoms with Crippen molar-refractivity contribution >= 4 is 46.5 Å². The van der Waals surface area contributed by atoms with E-state index in [0.717, 1.165) is 44.9 Å². The molecule has 230 valence electrons. The number of carbonyl (C=O) groups excluding carboxylic acids is 5. The lowest BCUT2D eigenvalue weighted by atomic mass is 9.83. The number of thiazole rings is 1. The largest absolute Gasteiger partial charge is 0.452 e. The maximum absolute atomic E-state index is 14.0. The van der Waals surface area contributed by atoms with E-state index in [1.165, 1.54) is 11.3 Å². The van der Waals surface area contributed by atoms with Crippen molar-refractivity contribution < 1.29 is 28.7 Å². The number of esters is 1. The van der Waals surface area contributed by atoms with Crippen molar-refractivity contribution in [2.24, 2.45) is 5.92 Å². The summed E-state index contributed by atoms with van der Waals surface area (Å²) in [5.41, 5.74) is 1.05. The minimum Gasteiger partial charge on any atom is -0.452 e. The molecule has 0 spiro atoms. The fourth-order valence-corrected chi connectivity index (χ4v) is 7.03. The fourth-order valence-electron chi connectivity index (χ4n) is 6.09. The number of hydrogen-bond donors (Lipinski definition) is 3. The minimum absolute atomic E-state index is 0.0782. The van der Waals surface area contributed by atoms with Crippen molar-refractivity contribution in [3.05, 3.63) is 45.9 Å². The highest BCUT2D eigenvalue weighted by Gasteiger charge is 2.40. The Hall–Kier alpha value is -3.64. The molecule has 3 fully saturated rings. The summed E-state index contributed by atoms with van der Waals surface area (Å²) >= 11 is 1.35. The third-order valence-electron chi connectivity index (χ3n) is 8.66. The molecule has 1 unspecified atom stereocenters. The van der Waals surface area contributed by atoms with Crippen molar-refractivity contribution in [2.45, 2.75) is 88.9 Å². The Kier molecular flexibility index (Phi) is 9.86. The molecule has 3 heterocycles. The van der Waals surface area contributed by atoms with Gasteiger partial charge in [-0.2, -0.15) is 0 Å². The molecule has 43 heavy (non-hydrogen) atoms. The summed E-state index contributed by atoms with van der Waals surface area (Å²) in [5.74, 6) is -1.30. The quantitative estimate of drug-likeness (QED) is 0.275. The lowest BCUT2D eigenvalue weighted by molar-refractivity contribution is -0.146. The predicted molar refractivity (Wildman–Crippen MR) is 160 cm³/mol. The van der Waals surface area contributed by atoms with E-state index >= 15 is 0 Å². The van der Waals surface area contributed by atoms with Crippen LogP contribution in [0.2, 0.25) is 0 Å². The van der Waals surface area contributed by atoms with Crippen LogP contribution >= 0.6 is 11.3 Å². The molecule has 12 heteroatoms. The van der Waals surface area contributed by atoms with Crippen LogP contribution in [0.5, 0.6) is 0 Å². The number of anilines is 1. The van der Waals surface area contributed by atoms with E-state index in [1.54, 1.807) is 43.6 Å². The number of nitrogens with one attached hydrogen (secondary N) is 3. The molecule has 1 saturated carbocycles. The molecular weight excluding hydrogens is 570 g/mol. The Labute approximate surface area is 255 Å². The van der Waals surface area contributed by atoms with Crippen molar-refractivity contribution in [1.29, 1.82) is 0 Å². The molecule has 2 aromatic rings. The molecule has 1 aromatic heterocycles. The van der Waals surface area contributed by atoms with Gasteiger partial charge in [0, 0.05) is 36.0 Å². The lowest BCUT2D eigenvalue weighted by Gasteiger charge is -2.35. The van der Waals surface area contributed by atoms with Gasteiger partial charge in [0.15, 0.2) is 6.10 Å². The molecule has 2 saturated heterocycles. The molecule has 1 aromatic carbocycles. The summed E-state index contributed by atoms with van der Waals surface area (Å²) in [4.78, 5) is 70.6. The second kappa shape index (κ2) is 13.8. The van der Waals surface area contributed by atoms with E-state index < -0.39 is 30.1 Å². The van der Waals surface area contributed by atoms with Gasteiger partial charge in [0.05, 0.1) is 12.1 Å². The number of nitrogens with zero attached hydrogens (tertiary/aromatic N) is 2. The van der Waals surface area contributed by atoms with Crippen LogP contribution in [0, 0.1) is 5.92 Å². The molecule has 3 amide bonds. The summed E-state index contributed by atoms with van der Waals surface area (Å²) in [6.07, 6.45) is 6.31. The van der Waals surface area contributed by atoms with Gasteiger partial charge in [0.2, 0.25) is 17.6 Å². The zero-order valence-corrected chi connectivity index (χ0v) is 25.4. The summed E-state index contributed by atoms with van der Waals surface area (Å²) in [7, 11) is 1.72. The highest BCUT2D eigenvalue weighted by molar-refractivity contribution is 7.10. The molecule has 2 aliphatic heterocycles. The summed E-state index contributed by atoms with van der Waals surface area (Å²) < 4.78 is 5.02. The van der Waals surface area contributed by atoms with Crippen molar-refractivity contribution in [2.75, 3.05) is 18.9 Å². The highest BCUT2D eigenvalue weighted by atomic mass is 32.1. The monoisotopic (exact) mass is 609 g/mol. The van der Waals surface area contributed by atoms with Gasteiger partial charge >= 0.3 is 5.97 Å². The van der Waals surface area contributed by atoms with Crippen LogP contribution < -0.4 is 16.0 Å². The number of rotatable bonds is 10. The van der Waals surface area contributed by atoms with Crippen LogP contribution in [-0.2, 0) is 23.9 Å². The number of likely N-dealkylation sites (N-methyl/N-ethyl adjacent to an activating group) is 1. The SMILES string of the molecule is CN[C@@H](C)C(=O)N[C@H](C(=O)N1CCC[C@H]1c1nc(C(=O)c2cccc(NC(=O)C3CCC(=O)O3)c2)cs1)C1CCCCC1. The lowest BCUT2D eigenvalue weighted by Crippen LogP contribution is -2.55. The van der Waals surface area contributed by atoms with Gasteiger partial charge in [-0.05, 0) is 57.7 Å². The Morgan fingerprint density at radius 1 is 1.07 bits per heavy atom. The molecule has 4 atom stereocenters. The Morgan fingerprint density at radius 2 is 1.86 bits per heavy atom. The molecule has 0 bridgehead atoms. The first-order valence-electron chi connectivity index (χ1n) is 15.1. The molecule has 0 radical (unpaired) electrons. The van der Waals surface area contributed by atoms with Crippen LogP contribution in [0.1, 0.15) is 91.8 Å². The number of carbonyl (C=O) groups is 5. The second-order valence-electron chi connectivity index (χ2n) is 11.6. The van der Waals surface area contributed by atoms with Crippen LogP contribution in [-0.4, -0.2) is 71.1 Å². The van der Waals surface area contributed by atoms with Gasteiger partial charge in [-0.3, -0.25) is 24.0 Å². The van der Waals surface area contributed by atoms with Gasteiger partial charge in [-0.15, -0.1) is 11.3 Å². The average molecular weight is 610 g/mol. The third-order valence-corrected chi connectivity index (χ3v) is 9.60. The van der Waals surface area contributed by atoms with E-state index in [2.05, 4.69) is 20.9 Å². The number of aromatic nitrogens is 1. The topological polar surface area (TPSA) is 147 Å². The van der Waals surface area contributed by atoms with E-state index in [0.29, 0.717) is 29.2 Å². The number of ketones is 1. The first kappa shape index (κ1) is 30.8. The number of amides is 3. The van der Waals surface area contributed by atoms with Gasteiger partial charge < -0.3 is 25.6 Å². The van der Waals surface area contributed by atoms with E-state index in [-0.39, 0.29) is 41.7 Å². The zero-order valence-electron chi connectivity index (χ0n) is 24.6. The second-order valence-corrected chi connectivity index (χ2v) is 12.5. The van der Waals surface area contributed by atoms with Gasteiger partial charge in [0.1, 0.15) is 16.7 Å². The summed E-state index contributed by atoms with van der Waals surface area (Å²) in [5, 5.41) is 11.1. The van der Waals surface area contributed by atoms with Gasteiger partial charge in [-0.25, -0.2) is 4.98 Å². The van der Waals surface area contributed by atoms with E-state index in [9.17, 15) is 24.0 Å². The van der Waals surface area contributed by atoms with Crippen molar-refractivity contribution in [3.8, 4) is 0 Å². The van der Waals surface area contributed by atoms with Crippen LogP contribution in [0.15, 0.2) is 29.6 Å². The van der Waals surface area contributed by atoms with Crippen molar-refractivity contribution in [3.63, 3.8) is 0 Å². The van der Waals surface area contributed by atoms with Crippen LogP contribution in [0.25, 0.3) is 0 Å². The molecule has 5 rings (SSSR count). The van der Waals surface area contributed by atoms with E-state index in [1.807, 2.05) is 4.90 Å². The number of ether oxygens (including phenoxy) is 1. The molecule has 11 nitrogen and oxygen atoms in total. The molecule has 3 N–H and O–H groups in total. The van der Waals surface area contributed by atoms with Gasteiger partial charge in [-0.1, -0.05) is 31.4 Å². The highest BCUT2D eigenvalue weighted by Crippen LogP contribution is 2.36. The predicted octanol–water partition coefficient (Wildman–Crippen LogP) is 3.35. The van der Waals surface area contributed by atoms with E-state index in [4.69, 9.17) is 4.74 Å². The molecular formula is C31H39N5O6S. The Morgan fingerprint density at radius 3 is 2.58 bits per heavy atom. The average Bonchev–Trinajstić information content (AvgIpc) is 3.80. The maximum Gasteiger partial charge on any atom is 0.306 e. The molecule has 3 aliphatic rings. The Balaban J connectivity index is 1.29. The van der Waals surface area contributed by atoms with Gasteiger partial charge in [0.25, 0.3) is 5.91 Å².